The number of nitrogens with zero attached hydrogens (tertiary/aromatic N) is 2. The maximum atomic E-state index is 13.2. The van der Waals surface area contributed by atoms with Gasteiger partial charge in [0.1, 0.15) is 5.69 Å². The van der Waals surface area contributed by atoms with Gasteiger partial charge in [0.15, 0.2) is 0 Å². The van der Waals surface area contributed by atoms with Gasteiger partial charge in [-0.15, -0.1) is 6.58 Å². The van der Waals surface area contributed by atoms with Crippen molar-refractivity contribution in [3.8, 4) is 0 Å². The number of carbonyl (C=O) groups is 3. The first-order valence-electron chi connectivity index (χ1n) is 9.22. The third-order valence-electron chi connectivity index (χ3n) is 5.08. The van der Waals surface area contributed by atoms with Crippen LogP contribution in [0.4, 0.5) is 0 Å². The van der Waals surface area contributed by atoms with E-state index in [1.807, 2.05) is 6.92 Å². The maximum Gasteiger partial charge on any atom is 0.355 e. The quantitative estimate of drug-likeness (QED) is 0.563. The minimum Gasteiger partial charge on any atom is -0.469 e. The molecule has 0 bridgehead atoms. The summed E-state index contributed by atoms with van der Waals surface area (Å²) in [4.78, 5) is 39.0. The fourth-order valence-electron chi connectivity index (χ4n) is 3.67. The molecule has 0 radical (unpaired) electrons. The van der Waals surface area contributed by atoms with Crippen LogP contribution in [0.25, 0.3) is 0 Å². The molecule has 0 aromatic carbocycles. The highest BCUT2D eigenvalue weighted by Crippen LogP contribution is 2.27. The molecule has 1 saturated heterocycles. The van der Waals surface area contributed by atoms with E-state index in [4.69, 9.17) is 9.47 Å². The number of carbonyl (C=O) groups excluding carboxylic acids is 3. The van der Waals surface area contributed by atoms with Crippen LogP contribution >= 0.6 is 0 Å². The minimum absolute atomic E-state index is 0.123. The highest BCUT2D eigenvalue weighted by molar-refractivity contribution is 6.01. The number of aromatic nitrogens is 1. The van der Waals surface area contributed by atoms with Crippen molar-refractivity contribution in [1.82, 2.24) is 9.47 Å². The molecule has 2 heterocycles. The van der Waals surface area contributed by atoms with Gasteiger partial charge in [0.25, 0.3) is 5.91 Å². The third kappa shape index (κ3) is 4.07. The Labute approximate surface area is 159 Å². The Morgan fingerprint density at radius 1 is 1.22 bits per heavy atom. The molecule has 0 saturated carbocycles. The second kappa shape index (κ2) is 8.88. The molecule has 1 aliphatic rings. The van der Waals surface area contributed by atoms with Crippen LogP contribution in [-0.4, -0.2) is 54.1 Å². The lowest BCUT2D eigenvalue weighted by molar-refractivity contribution is -0.146. The van der Waals surface area contributed by atoms with Crippen molar-refractivity contribution in [2.45, 2.75) is 40.2 Å². The molecule has 2 rings (SSSR count). The van der Waals surface area contributed by atoms with E-state index < -0.39 is 5.97 Å². The predicted octanol–water partition coefficient (Wildman–Crippen LogP) is 2.49. The monoisotopic (exact) mass is 376 g/mol. The molecular formula is C20H28N2O5. The molecule has 7 heteroatoms. The number of esters is 2. The highest BCUT2D eigenvalue weighted by Gasteiger charge is 2.32. The van der Waals surface area contributed by atoms with Gasteiger partial charge >= 0.3 is 11.9 Å². The molecule has 148 valence electrons. The Hall–Kier alpha value is -2.57. The van der Waals surface area contributed by atoms with Crippen molar-refractivity contribution in [3.05, 3.63) is 35.2 Å². The van der Waals surface area contributed by atoms with E-state index in [9.17, 15) is 14.4 Å². The second-order valence-corrected chi connectivity index (χ2v) is 6.64. The molecule has 7 nitrogen and oxygen atoms in total. The predicted molar refractivity (Wildman–Crippen MR) is 101 cm³/mol. The number of methoxy groups -OCH3 is 1. The number of likely N-dealkylation sites (tertiary alicyclic amines) is 1. The highest BCUT2D eigenvalue weighted by atomic mass is 16.5. The summed E-state index contributed by atoms with van der Waals surface area (Å²) in [5, 5.41) is 0. The van der Waals surface area contributed by atoms with Gasteiger partial charge in [-0.2, -0.15) is 0 Å². The SMILES string of the molecule is C=CCn1c(C)c(C(=O)N2CCC(C(=O)OC)CC2)c(C)c1C(=O)OCC. The first kappa shape index (κ1) is 20.7. The molecule has 1 aliphatic heterocycles. The lowest BCUT2D eigenvalue weighted by Crippen LogP contribution is -2.40. The van der Waals surface area contributed by atoms with E-state index in [0.29, 0.717) is 49.3 Å². The van der Waals surface area contributed by atoms with Crippen molar-refractivity contribution in [2.24, 2.45) is 5.92 Å². The molecule has 0 spiro atoms. The van der Waals surface area contributed by atoms with Crippen molar-refractivity contribution in [1.29, 1.82) is 0 Å². The summed E-state index contributed by atoms with van der Waals surface area (Å²) < 4.78 is 11.7. The van der Waals surface area contributed by atoms with Crippen molar-refractivity contribution < 1.29 is 23.9 Å². The van der Waals surface area contributed by atoms with Crippen LogP contribution < -0.4 is 0 Å². The summed E-state index contributed by atoms with van der Waals surface area (Å²) >= 11 is 0. The summed E-state index contributed by atoms with van der Waals surface area (Å²) in [5.41, 5.74) is 2.25. The summed E-state index contributed by atoms with van der Waals surface area (Å²) in [6.07, 6.45) is 2.84. The Morgan fingerprint density at radius 3 is 2.37 bits per heavy atom. The Bertz CT molecular complexity index is 742. The molecule has 0 N–H and O–H groups in total. The summed E-state index contributed by atoms with van der Waals surface area (Å²) in [6.45, 7) is 10.7. The van der Waals surface area contributed by atoms with Crippen LogP contribution in [-0.2, 0) is 20.8 Å². The van der Waals surface area contributed by atoms with E-state index in [1.165, 1.54) is 7.11 Å². The van der Waals surface area contributed by atoms with Crippen molar-refractivity contribution in [3.63, 3.8) is 0 Å². The lowest BCUT2D eigenvalue weighted by Gasteiger charge is -2.31. The second-order valence-electron chi connectivity index (χ2n) is 6.64. The molecule has 1 amide bonds. The molecule has 1 fully saturated rings. The fourth-order valence-corrected chi connectivity index (χ4v) is 3.67. The molecular weight excluding hydrogens is 348 g/mol. The number of rotatable bonds is 6. The van der Waals surface area contributed by atoms with Crippen LogP contribution in [0, 0.1) is 19.8 Å². The Balaban J connectivity index is 2.31. The number of amides is 1. The van der Waals surface area contributed by atoms with Gasteiger partial charge in [-0.25, -0.2) is 4.79 Å². The zero-order valence-corrected chi connectivity index (χ0v) is 16.5. The van der Waals surface area contributed by atoms with Gasteiger partial charge in [-0.3, -0.25) is 9.59 Å². The maximum absolute atomic E-state index is 13.2. The van der Waals surface area contributed by atoms with E-state index in [-0.39, 0.29) is 24.4 Å². The number of hydrogen-bond donors (Lipinski definition) is 0. The molecule has 0 unspecified atom stereocenters. The Morgan fingerprint density at radius 2 is 1.85 bits per heavy atom. The van der Waals surface area contributed by atoms with Crippen molar-refractivity contribution >= 4 is 17.8 Å². The average Bonchev–Trinajstić information content (AvgIpc) is 2.91. The van der Waals surface area contributed by atoms with Crippen LogP contribution in [0.2, 0.25) is 0 Å². The average molecular weight is 376 g/mol. The largest absolute Gasteiger partial charge is 0.469 e. The van der Waals surface area contributed by atoms with Gasteiger partial charge in [0, 0.05) is 25.3 Å². The van der Waals surface area contributed by atoms with E-state index >= 15 is 0 Å². The molecule has 1 aromatic heterocycles. The van der Waals surface area contributed by atoms with Gasteiger partial charge in [0.05, 0.1) is 25.2 Å². The van der Waals surface area contributed by atoms with Crippen LogP contribution in [0.5, 0.6) is 0 Å². The number of piperidine rings is 1. The zero-order chi connectivity index (χ0) is 20.1. The molecule has 0 aliphatic carbocycles. The topological polar surface area (TPSA) is 77.8 Å². The van der Waals surface area contributed by atoms with E-state index in [1.54, 1.807) is 29.4 Å². The number of ether oxygens (including phenoxy) is 2. The lowest BCUT2D eigenvalue weighted by atomic mass is 9.96. The van der Waals surface area contributed by atoms with E-state index in [2.05, 4.69) is 6.58 Å². The first-order valence-corrected chi connectivity index (χ1v) is 9.22. The molecule has 0 atom stereocenters. The van der Waals surface area contributed by atoms with Gasteiger partial charge in [-0.1, -0.05) is 6.08 Å². The van der Waals surface area contributed by atoms with Crippen LogP contribution in [0.15, 0.2) is 12.7 Å². The third-order valence-corrected chi connectivity index (χ3v) is 5.08. The Kier molecular flexibility index (Phi) is 6.82. The van der Waals surface area contributed by atoms with Gasteiger partial charge < -0.3 is 18.9 Å². The van der Waals surface area contributed by atoms with Crippen molar-refractivity contribution in [2.75, 3.05) is 26.8 Å². The summed E-state index contributed by atoms with van der Waals surface area (Å²) in [6, 6.07) is 0. The normalized spacial score (nSPS) is 14.7. The molecule has 27 heavy (non-hydrogen) atoms. The standard InChI is InChI=1S/C20H28N2O5/c1-6-10-22-14(4)16(13(3)17(22)20(25)27-7-2)18(23)21-11-8-15(9-12-21)19(24)26-5/h6,15H,1,7-12H2,2-5H3. The number of hydrogen-bond acceptors (Lipinski definition) is 5. The van der Waals surface area contributed by atoms with Gasteiger partial charge in [0.2, 0.25) is 0 Å². The summed E-state index contributed by atoms with van der Waals surface area (Å²) in [5.74, 6) is -0.956. The molecule has 1 aromatic rings. The van der Waals surface area contributed by atoms with E-state index in [0.717, 1.165) is 5.69 Å². The fraction of sp³-hybridized carbons (Fsp3) is 0.550. The first-order chi connectivity index (χ1) is 12.9. The van der Waals surface area contributed by atoms with Crippen LogP contribution in [0.3, 0.4) is 0 Å². The van der Waals surface area contributed by atoms with Gasteiger partial charge in [-0.05, 0) is 39.2 Å². The summed E-state index contributed by atoms with van der Waals surface area (Å²) in [7, 11) is 1.38. The zero-order valence-electron chi connectivity index (χ0n) is 16.5. The minimum atomic E-state index is -0.441. The van der Waals surface area contributed by atoms with Crippen LogP contribution in [0.1, 0.15) is 51.9 Å². The smallest absolute Gasteiger partial charge is 0.355 e. The number of allylic oxidation sites excluding steroid dienone is 1.